The molecule has 4 nitrogen and oxygen atoms in total. The van der Waals surface area contributed by atoms with Crippen molar-refractivity contribution < 1.29 is 18.9 Å². The predicted octanol–water partition coefficient (Wildman–Crippen LogP) is 3.07. The van der Waals surface area contributed by atoms with E-state index in [1.165, 1.54) is 0 Å². The summed E-state index contributed by atoms with van der Waals surface area (Å²) in [7, 11) is 3.03. The summed E-state index contributed by atoms with van der Waals surface area (Å²) >= 11 is 0. The maximum atomic E-state index is 6.21. The highest BCUT2D eigenvalue weighted by Crippen LogP contribution is 2.31. The van der Waals surface area contributed by atoms with Crippen LogP contribution in [0.1, 0.15) is 41.0 Å². The average molecular weight is 319 g/mol. The van der Waals surface area contributed by atoms with Crippen molar-refractivity contribution in [3.8, 4) is 0 Å². The zero-order valence-corrected chi connectivity index (χ0v) is 16.1. The van der Waals surface area contributed by atoms with E-state index in [1.807, 2.05) is 6.92 Å². The van der Waals surface area contributed by atoms with E-state index < -0.39 is 8.07 Å². The Kier molecular flexibility index (Phi) is 9.65. The molecule has 0 aliphatic carbocycles. The van der Waals surface area contributed by atoms with Gasteiger partial charge in [-0.05, 0) is 34.1 Å². The number of rotatable bonds is 11. The van der Waals surface area contributed by atoms with Crippen LogP contribution in [0.15, 0.2) is 12.2 Å². The molecule has 0 bridgehead atoms. The highest BCUT2D eigenvalue weighted by Gasteiger charge is 2.56. The van der Waals surface area contributed by atoms with Gasteiger partial charge in [0.2, 0.25) is 0 Å². The summed E-state index contributed by atoms with van der Waals surface area (Å²) in [5, 5.41) is 0. The number of ether oxygens (including phenoxy) is 4. The minimum Gasteiger partial charge on any atom is -0.385 e. The van der Waals surface area contributed by atoms with E-state index in [-0.39, 0.29) is 22.9 Å². The highest BCUT2D eigenvalue weighted by molar-refractivity contribution is 6.84. The Hall–Kier alpha value is -0.203. The first-order valence-electron chi connectivity index (χ1n) is 7.67. The fourth-order valence-electron chi connectivity index (χ4n) is 3.25. The minimum atomic E-state index is -2.23. The van der Waals surface area contributed by atoms with Crippen molar-refractivity contribution in [1.29, 1.82) is 0 Å². The molecular formula is C16H34O4Si. The number of hydrogen-bond donors (Lipinski definition) is 0. The van der Waals surface area contributed by atoms with Gasteiger partial charge < -0.3 is 18.9 Å². The van der Waals surface area contributed by atoms with Crippen molar-refractivity contribution in [3.63, 3.8) is 0 Å². The van der Waals surface area contributed by atoms with E-state index in [9.17, 15) is 0 Å². The topological polar surface area (TPSA) is 36.9 Å². The molecule has 0 N–H and O–H groups in total. The third kappa shape index (κ3) is 4.63. The average Bonchev–Trinajstić information content (AvgIpc) is 2.48. The van der Waals surface area contributed by atoms with Crippen LogP contribution >= 0.6 is 0 Å². The molecule has 126 valence electrons. The Morgan fingerprint density at radius 1 is 0.952 bits per heavy atom. The molecule has 0 heterocycles. The Labute approximate surface area is 131 Å². The lowest BCUT2D eigenvalue weighted by Crippen LogP contribution is -2.72. The van der Waals surface area contributed by atoms with Crippen molar-refractivity contribution >= 4 is 8.07 Å². The van der Waals surface area contributed by atoms with Gasteiger partial charge in [0.15, 0.2) is 8.07 Å². The molecule has 4 atom stereocenters. The van der Waals surface area contributed by atoms with Gasteiger partial charge in [-0.25, -0.2) is 0 Å². The molecule has 0 fully saturated rings. The van der Waals surface area contributed by atoms with Crippen LogP contribution in [0.4, 0.5) is 0 Å². The third-order valence-electron chi connectivity index (χ3n) is 4.63. The highest BCUT2D eigenvalue weighted by atomic mass is 28.3. The SMILES string of the molecule is C=C(C)COC(CC)[Si](C(C)OC)(C(C)OC)C(C)OC. The first kappa shape index (κ1) is 20.8. The minimum absolute atomic E-state index is 0.0671. The second kappa shape index (κ2) is 9.74. The van der Waals surface area contributed by atoms with Crippen LogP contribution < -0.4 is 0 Å². The van der Waals surface area contributed by atoms with Crippen molar-refractivity contribution in [3.05, 3.63) is 12.2 Å². The molecule has 0 amide bonds. The van der Waals surface area contributed by atoms with Crippen molar-refractivity contribution in [2.45, 2.75) is 63.9 Å². The lowest BCUT2D eigenvalue weighted by Gasteiger charge is -2.48. The molecule has 0 aromatic rings. The summed E-state index contributed by atoms with van der Waals surface area (Å²) in [5.41, 5.74) is 1.32. The monoisotopic (exact) mass is 318 g/mol. The molecule has 0 aromatic carbocycles. The molecular weight excluding hydrogens is 284 g/mol. The molecule has 0 aromatic heterocycles. The molecule has 0 saturated heterocycles. The lowest BCUT2D eigenvalue weighted by atomic mass is 10.4. The standard InChI is InChI=1S/C16H34O4Si/c1-10-16(20-11-12(2)3)21(13(4)17-7,14(5)18-8)15(6)19-9/h13-16H,2,10-11H2,1,3-9H3. The first-order chi connectivity index (χ1) is 9.82. The predicted molar refractivity (Wildman–Crippen MR) is 90.0 cm³/mol. The zero-order valence-electron chi connectivity index (χ0n) is 15.1. The van der Waals surface area contributed by atoms with Gasteiger partial charge >= 0.3 is 0 Å². The Bertz CT molecular complexity index is 282. The van der Waals surface area contributed by atoms with Gasteiger partial charge in [-0.2, -0.15) is 0 Å². The molecule has 0 aliphatic rings. The molecule has 0 saturated carbocycles. The normalized spacial score (nSPS) is 20.4. The van der Waals surface area contributed by atoms with E-state index in [2.05, 4.69) is 34.3 Å². The van der Waals surface area contributed by atoms with Crippen LogP contribution in [-0.4, -0.2) is 58.9 Å². The zero-order chi connectivity index (χ0) is 16.6. The summed E-state index contributed by atoms with van der Waals surface area (Å²) in [6.45, 7) is 15.0. The summed E-state index contributed by atoms with van der Waals surface area (Å²) < 4.78 is 23.5. The largest absolute Gasteiger partial charge is 0.385 e. The van der Waals surface area contributed by atoms with Crippen LogP contribution in [0, 0.1) is 0 Å². The lowest BCUT2D eigenvalue weighted by molar-refractivity contribution is 0.0513. The van der Waals surface area contributed by atoms with Crippen molar-refractivity contribution in [2.75, 3.05) is 27.9 Å². The first-order valence-corrected chi connectivity index (χ1v) is 9.97. The van der Waals surface area contributed by atoms with Crippen LogP contribution in [0.3, 0.4) is 0 Å². The van der Waals surface area contributed by atoms with Crippen molar-refractivity contribution in [2.24, 2.45) is 0 Å². The Morgan fingerprint density at radius 2 is 1.33 bits per heavy atom. The molecule has 21 heavy (non-hydrogen) atoms. The second-order valence-electron chi connectivity index (χ2n) is 5.80. The Morgan fingerprint density at radius 3 is 1.57 bits per heavy atom. The van der Waals surface area contributed by atoms with E-state index >= 15 is 0 Å². The molecule has 4 unspecified atom stereocenters. The fourth-order valence-corrected chi connectivity index (χ4v) is 9.11. The molecule has 0 radical (unpaired) electrons. The summed E-state index contributed by atoms with van der Waals surface area (Å²) in [6.07, 6.45) is 0.911. The van der Waals surface area contributed by atoms with Crippen LogP contribution in [0.5, 0.6) is 0 Å². The van der Waals surface area contributed by atoms with Crippen LogP contribution in [0.2, 0.25) is 0 Å². The maximum absolute atomic E-state index is 6.21. The van der Waals surface area contributed by atoms with E-state index in [1.54, 1.807) is 21.3 Å². The summed E-state index contributed by atoms with van der Waals surface area (Å²) in [5.74, 6) is 0. The van der Waals surface area contributed by atoms with Gasteiger partial charge in [0.05, 0.1) is 29.5 Å². The molecule has 0 rings (SSSR count). The van der Waals surface area contributed by atoms with Crippen molar-refractivity contribution in [1.82, 2.24) is 0 Å². The fraction of sp³-hybridized carbons (Fsp3) is 0.875. The van der Waals surface area contributed by atoms with E-state index in [0.29, 0.717) is 6.61 Å². The van der Waals surface area contributed by atoms with Gasteiger partial charge in [-0.1, -0.05) is 19.1 Å². The molecule has 5 heteroatoms. The Balaban J connectivity index is 5.73. The van der Waals surface area contributed by atoms with Gasteiger partial charge in [0, 0.05) is 21.3 Å². The van der Waals surface area contributed by atoms with Gasteiger partial charge in [0.25, 0.3) is 0 Å². The van der Waals surface area contributed by atoms with E-state index in [0.717, 1.165) is 12.0 Å². The molecule has 0 spiro atoms. The van der Waals surface area contributed by atoms with E-state index in [4.69, 9.17) is 18.9 Å². The number of methoxy groups -OCH3 is 3. The van der Waals surface area contributed by atoms with Gasteiger partial charge in [0.1, 0.15) is 0 Å². The third-order valence-corrected chi connectivity index (χ3v) is 11.3. The smallest absolute Gasteiger partial charge is 0.181 e. The second-order valence-corrected chi connectivity index (χ2v) is 10.9. The molecule has 0 aliphatic heterocycles. The van der Waals surface area contributed by atoms with Crippen LogP contribution in [0.25, 0.3) is 0 Å². The summed E-state index contributed by atoms with van der Waals surface area (Å²) in [4.78, 5) is 0. The van der Waals surface area contributed by atoms with Gasteiger partial charge in [-0.15, -0.1) is 0 Å². The number of hydrogen-bond acceptors (Lipinski definition) is 4. The summed E-state index contributed by atoms with van der Waals surface area (Å²) in [6, 6.07) is 0. The maximum Gasteiger partial charge on any atom is 0.181 e. The van der Waals surface area contributed by atoms with Crippen LogP contribution in [-0.2, 0) is 18.9 Å². The van der Waals surface area contributed by atoms with Gasteiger partial charge in [-0.3, -0.25) is 0 Å². The quantitative estimate of drug-likeness (QED) is 0.433.